The van der Waals surface area contributed by atoms with Crippen LogP contribution in [0.3, 0.4) is 0 Å². The molecule has 6 heteroatoms. The summed E-state index contributed by atoms with van der Waals surface area (Å²) in [4.78, 5) is 18.1. The van der Waals surface area contributed by atoms with E-state index in [0.29, 0.717) is 18.4 Å². The molecule has 0 atom stereocenters. The van der Waals surface area contributed by atoms with Gasteiger partial charge >= 0.3 is 0 Å². The van der Waals surface area contributed by atoms with Gasteiger partial charge in [0.25, 0.3) is 0 Å². The zero-order chi connectivity index (χ0) is 16.7. The molecule has 0 aromatic carbocycles. The van der Waals surface area contributed by atoms with Gasteiger partial charge in [0, 0.05) is 44.0 Å². The number of piperidine rings is 1. The molecule has 0 aliphatic carbocycles. The molecule has 0 spiro atoms. The minimum atomic E-state index is 0.136. The average molecular weight is 319 g/mol. The summed E-state index contributed by atoms with van der Waals surface area (Å²) >= 11 is 0. The molecule has 1 aliphatic heterocycles. The Bertz CT molecular complexity index is 491. The second-order valence-electron chi connectivity index (χ2n) is 6.27. The summed E-state index contributed by atoms with van der Waals surface area (Å²) in [5.74, 6) is 0.750. The van der Waals surface area contributed by atoms with Crippen molar-refractivity contribution in [3.63, 3.8) is 0 Å². The predicted molar refractivity (Wildman–Crippen MR) is 93.0 cm³/mol. The summed E-state index contributed by atoms with van der Waals surface area (Å²) in [6.07, 6.45) is 4.84. The Morgan fingerprint density at radius 3 is 2.83 bits per heavy atom. The van der Waals surface area contributed by atoms with Crippen LogP contribution < -0.4 is 16.4 Å². The molecule has 2 rings (SSSR count). The van der Waals surface area contributed by atoms with Gasteiger partial charge in [-0.25, -0.2) is 4.98 Å². The number of carbonyl (C=O) groups excluding carboxylic acids is 1. The number of nitrogens with two attached hydrogens (primary N) is 1. The molecular weight excluding hydrogens is 290 g/mol. The van der Waals surface area contributed by atoms with E-state index in [1.54, 1.807) is 6.20 Å². The van der Waals surface area contributed by atoms with Gasteiger partial charge in [-0.1, -0.05) is 6.92 Å². The quantitative estimate of drug-likeness (QED) is 0.700. The maximum Gasteiger partial charge on any atom is 0.234 e. The number of aromatic nitrogens is 1. The van der Waals surface area contributed by atoms with Gasteiger partial charge in [-0.15, -0.1) is 0 Å². The Hall–Kier alpha value is -1.66. The van der Waals surface area contributed by atoms with Crippen LogP contribution in [0.15, 0.2) is 12.3 Å². The van der Waals surface area contributed by atoms with Crippen molar-refractivity contribution >= 4 is 11.7 Å². The molecule has 0 unspecified atom stereocenters. The van der Waals surface area contributed by atoms with Crippen LogP contribution in [-0.4, -0.2) is 48.0 Å². The fourth-order valence-corrected chi connectivity index (χ4v) is 2.90. The molecule has 1 aliphatic rings. The molecule has 4 N–H and O–H groups in total. The van der Waals surface area contributed by atoms with Gasteiger partial charge in [-0.2, -0.15) is 0 Å². The van der Waals surface area contributed by atoms with Gasteiger partial charge in [0.05, 0.1) is 6.54 Å². The van der Waals surface area contributed by atoms with Gasteiger partial charge in [0.1, 0.15) is 5.82 Å². The molecule has 6 nitrogen and oxygen atoms in total. The topological polar surface area (TPSA) is 83.3 Å². The summed E-state index contributed by atoms with van der Waals surface area (Å²) in [6.45, 7) is 8.08. The highest BCUT2D eigenvalue weighted by molar-refractivity contribution is 5.77. The van der Waals surface area contributed by atoms with Crippen LogP contribution in [0.5, 0.6) is 0 Å². The second-order valence-corrected chi connectivity index (χ2v) is 6.27. The van der Waals surface area contributed by atoms with E-state index in [1.165, 1.54) is 5.56 Å². The number of nitrogen functional groups attached to an aromatic ring is 1. The normalized spacial score (nSPS) is 16.4. The first-order chi connectivity index (χ1) is 11.1. The molecule has 1 saturated heterocycles. The summed E-state index contributed by atoms with van der Waals surface area (Å²) in [6, 6.07) is 2.47. The highest BCUT2D eigenvalue weighted by Crippen LogP contribution is 2.15. The monoisotopic (exact) mass is 319 g/mol. The van der Waals surface area contributed by atoms with Crippen LogP contribution in [0, 0.1) is 6.92 Å². The molecular formula is C17H29N5O. The van der Waals surface area contributed by atoms with Gasteiger partial charge in [-0.05, 0) is 37.8 Å². The van der Waals surface area contributed by atoms with E-state index >= 15 is 0 Å². The van der Waals surface area contributed by atoms with E-state index in [-0.39, 0.29) is 5.91 Å². The molecule has 0 saturated carbocycles. The van der Waals surface area contributed by atoms with Crippen LogP contribution in [-0.2, 0) is 11.3 Å². The summed E-state index contributed by atoms with van der Waals surface area (Å²) < 4.78 is 0. The van der Waals surface area contributed by atoms with Gasteiger partial charge in [-0.3, -0.25) is 9.69 Å². The fourth-order valence-electron chi connectivity index (χ4n) is 2.90. The number of pyridine rings is 1. The average Bonchev–Trinajstić information content (AvgIpc) is 2.54. The van der Waals surface area contributed by atoms with Crippen molar-refractivity contribution in [1.29, 1.82) is 0 Å². The van der Waals surface area contributed by atoms with Gasteiger partial charge < -0.3 is 16.4 Å². The van der Waals surface area contributed by atoms with Crippen LogP contribution in [0.2, 0.25) is 0 Å². The third-order valence-corrected chi connectivity index (χ3v) is 4.42. The highest BCUT2D eigenvalue weighted by atomic mass is 16.2. The Balaban J connectivity index is 1.72. The SMILES string of the molecule is CCCNC(=O)CN1CCC(NCc2c(C)ccnc2N)CC1. The van der Waals surface area contributed by atoms with Crippen molar-refractivity contribution < 1.29 is 4.79 Å². The van der Waals surface area contributed by atoms with Gasteiger partial charge in [0.15, 0.2) is 0 Å². The maximum atomic E-state index is 11.7. The number of carbonyl (C=O) groups is 1. The lowest BCUT2D eigenvalue weighted by Gasteiger charge is -2.32. The number of likely N-dealkylation sites (tertiary alicyclic amines) is 1. The van der Waals surface area contributed by atoms with E-state index in [2.05, 4.69) is 34.4 Å². The molecule has 1 amide bonds. The molecule has 1 fully saturated rings. The van der Waals surface area contributed by atoms with E-state index in [0.717, 1.165) is 51.0 Å². The minimum Gasteiger partial charge on any atom is -0.383 e. The molecule has 1 aromatic heterocycles. The number of hydrogen-bond acceptors (Lipinski definition) is 5. The van der Waals surface area contributed by atoms with Crippen molar-refractivity contribution in [3.8, 4) is 0 Å². The maximum absolute atomic E-state index is 11.7. The first-order valence-electron chi connectivity index (χ1n) is 8.52. The Morgan fingerprint density at radius 1 is 1.43 bits per heavy atom. The van der Waals surface area contributed by atoms with Crippen molar-refractivity contribution in [1.82, 2.24) is 20.5 Å². The van der Waals surface area contributed by atoms with Crippen molar-refractivity contribution in [2.24, 2.45) is 0 Å². The fraction of sp³-hybridized carbons (Fsp3) is 0.647. The zero-order valence-electron chi connectivity index (χ0n) is 14.3. The van der Waals surface area contributed by atoms with Crippen molar-refractivity contribution in [2.45, 2.75) is 45.7 Å². The highest BCUT2D eigenvalue weighted by Gasteiger charge is 2.20. The van der Waals surface area contributed by atoms with E-state index < -0.39 is 0 Å². The third kappa shape index (κ3) is 5.48. The molecule has 0 bridgehead atoms. The molecule has 23 heavy (non-hydrogen) atoms. The van der Waals surface area contributed by atoms with Crippen LogP contribution in [0.4, 0.5) is 5.82 Å². The molecule has 1 aromatic rings. The number of nitrogens with one attached hydrogen (secondary N) is 2. The number of aryl methyl sites for hydroxylation is 1. The van der Waals surface area contributed by atoms with E-state index in [1.807, 2.05) is 6.07 Å². The molecule has 128 valence electrons. The second kappa shape index (κ2) is 8.84. The summed E-state index contributed by atoms with van der Waals surface area (Å²) in [5, 5.41) is 6.51. The van der Waals surface area contributed by atoms with E-state index in [9.17, 15) is 4.79 Å². The number of hydrogen-bond donors (Lipinski definition) is 3. The minimum absolute atomic E-state index is 0.136. The zero-order valence-corrected chi connectivity index (χ0v) is 14.3. The number of anilines is 1. The van der Waals surface area contributed by atoms with Crippen LogP contribution in [0.1, 0.15) is 37.3 Å². The Labute approximate surface area is 138 Å². The standard InChI is InChI=1S/C17H29N5O/c1-3-7-19-16(23)12-22-9-5-14(6-10-22)21-11-15-13(2)4-8-20-17(15)18/h4,8,14,21H,3,5-7,9-12H2,1-2H3,(H2,18,20)(H,19,23). The number of rotatable bonds is 7. The lowest BCUT2D eigenvalue weighted by atomic mass is 10.0. The van der Waals surface area contributed by atoms with Crippen molar-refractivity contribution in [2.75, 3.05) is 31.9 Å². The third-order valence-electron chi connectivity index (χ3n) is 4.42. The van der Waals surface area contributed by atoms with E-state index in [4.69, 9.17) is 5.73 Å². The Morgan fingerprint density at radius 2 is 2.17 bits per heavy atom. The molecule has 2 heterocycles. The first kappa shape index (κ1) is 17.7. The number of nitrogens with zero attached hydrogens (tertiary/aromatic N) is 2. The summed E-state index contributed by atoms with van der Waals surface area (Å²) in [7, 11) is 0. The number of amides is 1. The molecule has 0 radical (unpaired) electrons. The lowest BCUT2D eigenvalue weighted by Crippen LogP contribution is -2.46. The lowest BCUT2D eigenvalue weighted by molar-refractivity contribution is -0.122. The smallest absolute Gasteiger partial charge is 0.234 e. The Kier molecular flexibility index (Phi) is 6.80. The van der Waals surface area contributed by atoms with Crippen LogP contribution >= 0.6 is 0 Å². The predicted octanol–water partition coefficient (Wildman–Crippen LogP) is 1.05. The van der Waals surface area contributed by atoms with Gasteiger partial charge in [0.2, 0.25) is 5.91 Å². The first-order valence-corrected chi connectivity index (χ1v) is 8.52. The summed E-state index contributed by atoms with van der Waals surface area (Å²) in [5.41, 5.74) is 8.22. The van der Waals surface area contributed by atoms with Crippen LogP contribution in [0.25, 0.3) is 0 Å². The van der Waals surface area contributed by atoms with Crippen molar-refractivity contribution in [3.05, 3.63) is 23.4 Å². The largest absolute Gasteiger partial charge is 0.383 e.